The number of ketones is 1. The van der Waals surface area contributed by atoms with E-state index in [2.05, 4.69) is 0 Å². The molecule has 1 aromatic carbocycles. The van der Waals surface area contributed by atoms with E-state index in [1.165, 1.54) is 0 Å². The van der Waals surface area contributed by atoms with Gasteiger partial charge in [-0.05, 0) is 23.8 Å². The van der Waals surface area contributed by atoms with Crippen molar-refractivity contribution in [1.29, 1.82) is 0 Å². The van der Waals surface area contributed by atoms with Gasteiger partial charge in [-0.3, -0.25) is 4.79 Å². The highest BCUT2D eigenvalue weighted by Crippen LogP contribution is 2.23. The van der Waals surface area contributed by atoms with Gasteiger partial charge >= 0.3 is 0 Å². The third-order valence-corrected chi connectivity index (χ3v) is 2.85. The number of carbonyl (C=O) groups excluding carboxylic acids is 1. The van der Waals surface area contributed by atoms with Crippen LogP contribution in [0.3, 0.4) is 0 Å². The van der Waals surface area contributed by atoms with Crippen LogP contribution in [0.1, 0.15) is 26.3 Å². The molecule has 0 radical (unpaired) electrons. The monoisotopic (exact) mass is 256 g/mol. The van der Waals surface area contributed by atoms with Gasteiger partial charge in [0.15, 0.2) is 5.78 Å². The van der Waals surface area contributed by atoms with E-state index >= 15 is 0 Å². The van der Waals surface area contributed by atoms with E-state index in [1.54, 1.807) is 24.3 Å². The first-order valence-electron chi connectivity index (χ1n) is 4.98. The molecular weight excluding hydrogens is 243 g/mol. The van der Waals surface area contributed by atoms with E-state index < -0.39 is 0 Å². The van der Waals surface area contributed by atoms with Crippen molar-refractivity contribution in [1.82, 2.24) is 0 Å². The number of allylic oxidation sites excluding steroid dienone is 1. The molecule has 0 aromatic heterocycles. The van der Waals surface area contributed by atoms with Crippen molar-refractivity contribution in [2.75, 3.05) is 0 Å². The molecule has 0 saturated carbocycles. The molecule has 0 fully saturated rings. The summed E-state index contributed by atoms with van der Waals surface area (Å²) in [5.74, 6) is 0.0820. The summed E-state index contributed by atoms with van der Waals surface area (Å²) in [5, 5.41) is 1.01. The van der Waals surface area contributed by atoms with E-state index in [0.29, 0.717) is 10.0 Å². The highest BCUT2D eigenvalue weighted by molar-refractivity contribution is 6.42. The lowest BCUT2D eigenvalue weighted by atomic mass is 9.90. The Morgan fingerprint density at radius 1 is 1.19 bits per heavy atom. The van der Waals surface area contributed by atoms with Gasteiger partial charge < -0.3 is 0 Å². The topological polar surface area (TPSA) is 17.1 Å². The van der Waals surface area contributed by atoms with Crippen LogP contribution in [0.5, 0.6) is 0 Å². The highest BCUT2D eigenvalue weighted by atomic mass is 35.5. The van der Waals surface area contributed by atoms with Crippen LogP contribution in [0.25, 0.3) is 6.08 Å². The summed E-state index contributed by atoms with van der Waals surface area (Å²) in [7, 11) is 0. The van der Waals surface area contributed by atoms with Crippen LogP contribution < -0.4 is 0 Å². The first-order valence-corrected chi connectivity index (χ1v) is 5.74. The van der Waals surface area contributed by atoms with Gasteiger partial charge in [-0.2, -0.15) is 0 Å². The molecule has 0 aliphatic rings. The molecule has 0 aliphatic carbocycles. The molecule has 86 valence electrons. The second kappa shape index (κ2) is 5.03. The molecular formula is C13H14Cl2O. The van der Waals surface area contributed by atoms with Crippen molar-refractivity contribution in [2.45, 2.75) is 20.8 Å². The predicted molar refractivity (Wildman–Crippen MR) is 70.0 cm³/mol. The van der Waals surface area contributed by atoms with Crippen LogP contribution in [0.4, 0.5) is 0 Å². The quantitative estimate of drug-likeness (QED) is 0.706. The van der Waals surface area contributed by atoms with Gasteiger partial charge in [-0.15, -0.1) is 0 Å². The fourth-order valence-electron chi connectivity index (χ4n) is 1.04. The zero-order chi connectivity index (χ0) is 12.3. The van der Waals surface area contributed by atoms with Crippen LogP contribution in [0, 0.1) is 5.41 Å². The lowest BCUT2D eigenvalue weighted by molar-refractivity contribution is -0.121. The van der Waals surface area contributed by atoms with Gasteiger partial charge in [0, 0.05) is 5.41 Å². The third kappa shape index (κ3) is 3.66. The number of carbonyl (C=O) groups is 1. The summed E-state index contributed by atoms with van der Waals surface area (Å²) in [5.41, 5.74) is 0.513. The van der Waals surface area contributed by atoms with Crippen molar-refractivity contribution < 1.29 is 4.79 Å². The van der Waals surface area contributed by atoms with Gasteiger partial charge in [0.2, 0.25) is 0 Å². The SMILES string of the molecule is CC(C)(C)C(=O)C=Cc1ccc(Cl)c(Cl)c1. The fraction of sp³-hybridized carbons (Fsp3) is 0.308. The lowest BCUT2D eigenvalue weighted by Crippen LogP contribution is -2.17. The molecule has 0 spiro atoms. The molecule has 1 aromatic rings. The van der Waals surface area contributed by atoms with E-state index in [0.717, 1.165) is 5.56 Å². The second-order valence-electron chi connectivity index (χ2n) is 4.62. The summed E-state index contributed by atoms with van der Waals surface area (Å²) >= 11 is 11.7. The number of hydrogen-bond acceptors (Lipinski definition) is 1. The first-order chi connectivity index (χ1) is 7.30. The largest absolute Gasteiger partial charge is 0.294 e. The van der Waals surface area contributed by atoms with E-state index in [1.807, 2.05) is 26.8 Å². The standard InChI is InChI=1S/C13H14Cl2O/c1-13(2,3)12(16)7-5-9-4-6-10(14)11(15)8-9/h4-8H,1-3H3. The van der Waals surface area contributed by atoms with Crippen molar-refractivity contribution >= 4 is 35.1 Å². The number of hydrogen-bond donors (Lipinski definition) is 0. The number of benzene rings is 1. The Morgan fingerprint density at radius 3 is 2.31 bits per heavy atom. The van der Waals surface area contributed by atoms with E-state index in [-0.39, 0.29) is 11.2 Å². The Bertz CT molecular complexity index is 428. The van der Waals surface area contributed by atoms with Crippen molar-refractivity contribution in [3.8, 4) is 0 Å². The van der Waals surface area contributed by atoms with E-state index in [9.17, 15) is 4.79 Å². The molecule has 16 heavy (non-hydrogen) atoms. The molecule has 0 N–H and O–H groups in total. The van der Waals surface area contributed by atoms with Crippen LogP contribution in [0.2, 0.25) is 10.0 Å². The fourth-order valence-corrected chi connectivity index (χ4v) is 1.34. The molecule has 0 unspecified atom stereocenters. The van der Waals surface area contributed by atoms with Crippen LogP contribution in [-0.2, 0) is 4.79 Å². The van der Waals surface area contributed by atoms with Crippen molar-refractivity contribution in [3.05, 3.63) is 39.9 Å². The Balaban J connectivity index is 2.85. The Labute approximate surface area is 106 Å². The summed E-state index contributed by atoms with van der Waals surface area (Å²) in [6.45, 7) is 5.65. The first kappa shape index (κ1) is 13.3. The average molecular weight is 257 g/mol. The van der Waals surface area contributed by atoms with Gasteiger partial charge in [-0.25, -0.2) is 0 Å². The molecule has 0 aliphatic heterocycles. The van der Waals surface area contributed by atoms with Crippen molar-refractivity contribution in [3.63, 3.8) is 0 Å². The molecule has 1 nitrogen and oxygen atoms in total. The normalized spacial score (nSPS) is 12.1. The smallest absolute Gasteiger partial charge is 0.161 e. The average Bonchev–Trinajstić information content (AvgIpc) is 2.18. The van der Waals surface area contributed by atoms with Gasteiger partial charge in [0.05, 0.1) is 10.0 Å². The van der Waals surface area contributed by atoms with Crippen LogP contribution in [-0.4, -0.2) is 5.78 Å². The van der Waals surface area contributed by atoms with Crippen LogP contribution in [0.15, 0.2) is 24.3 Å². The van der Waals surface area contributed by atoms with Gasteiger partial charge in [0.25, 0.3) is 0 Å². The highest BCUT2D eigenvalue weighted by Gasteiger charge is 2.17. The number of halogens is 2. The van der Waals surface area contributed by atoms with E-state index in [4.69, 9.17) is 23.2 Å². The molecule has 0 atom stereocenters. The molecule has 1 rings (SSSR count). The minimum atomic E-state index is -0.354. The molecule has 0 saturated heterocycles. The Kier molecular flexibility index (Phi) is 4.17. The van der Waals surface area contributed by atoms with Crippen molar-refractivity contribution in [2.24, 2.45) is 5.41 Å². The minimum Gasteiger partial charge on any atom is -0.294 e. The molecule has 0 amide bonds. The summed E-state index contributed by atoms with van der Waals surface area (Å²) in [6, 6.07) is 5.27. The molecule has 3 heteroatoms. The van der Waals surface area contributed by atoms with Crippen LogP contribution >= 0.6 is 23.2 Å². The second-order valence-corrected chi connectivity index (χ2v) is 5.44. The number of rotatable bonds is 2. The molecule has 0 heterocycles. The minimum absolute atomic E-state index is 0.0820. The Hall–Kier alpha value is -0.790. The van der Waals surface area contributed by atoms with Gasteiger partial charge in [0.1, 0.15) is 0 Å². The molecule has 0 bridgehead atoms. The summed E-state index contributed by atoms with van der Waals surface area (Å²) in [4.78, 5) is 11.6. The van der Waals surface area contributed by atoms with Gasteiger partial charge in [-0.1, -0.05) is 56.1 Å². The maximum atomic E-state index is 11.6. The zero-order valence-corrected chi connectivity index (χ0v) is 11.1. The lowest BCUT2D eigenvalue weighted by Gasteiger charge is -2.12. The predicted octanol–water partition coefficient (Wildman–Crippen LogP) is 4.62. The summed E-state index contributed by atoms with van der Waals surface area (Å²) in [6.07, 6.45) is 3.31. The maximum Gasteiger partial charge on any atom is 0.161 e. The zero-order valence-electron chi connectivity index (χ0n) is 9.55. The summed E-state index contributed by atoms with van der Waals surface area (Å²) < 4.78 is 0. The third-order valence-electron chi connectivity index (χ3n) is 2.11. The Morgan fingerprint density at radius 2 is 1.81 bits per heavy atom. The maximum absolute atomic E-state index is 11.6.